The van der Waals surface area contributed by atoms with Crippen LogP contribution in [0.15, 0.2) is 0 Å². The van der Waals surface area contributed by atoms with Gasteiger partial charge in [-0.05, 0) is 0 Å². The molecule has 3 N–H and O–H groups in total. The van der Waals surface area contributed by atoms with E-state index in [1.807, 2.05) is 0 Å². The van der Waals surface area contributed by atoms with Crippen LogP contribution in [0.4, 0.5) is 0 Å². The van der Waals surface area contributed by atoms with Crippen LogP contribution in [0.1, 0.15) is 0 Å². The summed E-state index contributed by atoms with van der Waals surface area (Å²) in [5, 5.41) is 0. The molecule has 0 unspecified atom stereocenters. The second-order valence-electron chi connectivity index (χ2n) is 0. The van der Waals surface area contributed by atoms with Gasteiger partial charge in [-0.3, -0.25) is 0 Å². The Hall–Kier alpha value is 2.04. The van der Waals surface area contributed by atoms with Crippen LogP contribution in [-0.2, 0) is 17.1 Å². The fraction of sp³-hybridized carbons (Fsp3) is 0. The molecule has 0 aromatic carbocycles. The summed E-state index contributed by atoms with van der Waals surface area (Å²) in [6.07, 6.45) is 0. The molecule has 0 aliphatic rings. The Kier molecular flexibility index (Phi) is 457. The molecule has 0 rings (SSSR count). The van der Waals surface area contributed by atoms with Crippen molar-refractivity contribution in [2.45, 2.75) is 0 Å². The first-order valence-corrected chi connectivity index (χ1v) is 0. The zero-order valence-corrected chi connectivity index (χ0v) is 6.92. The molecule has 0 spiro atoms. The first kappa shape index (κ1) is 61.8. The van der Waals surface area contributed by atoms with Crippen molar-refractivity contribution in [1.29, 1.82) is 0 Å². The molecule has 0 amide bonds. The van der Waals surface area contributed by atoms with Gasteiger partial charge in [0.05, 0.1) is 0 Å². The van der Waals surface area contributed by atoms with E-state index in [4.69, 9.17) is 0 Å². The number of hydrogen-bond donors (Lipinski definition) is 0. The van der Waals surface area contributed by atoms with Crippen LogP contribution in [0.25, 0.3) is 0 Å². The number of rotatable bonds is 0. The van der Waals surface area contributed by atoms with Crippen molar-refractivity contribution in [2.75, 3.05) is 0 Å². The smallest absolute Gasteiger partial charge is 0.870 e. The minimum absolute atomic E-state index is 0. The summed E-state index contributed by atoms with van der Waals surface area (Å²) in [5.41, 5.74) is 0. The molecule has 5 heteroatoms. The summed E-state index contributed by atoms with van der Waals surface area (Å²) >= 11 is 0. The van der Waals surface area contributed by atoms with Crippen molar-refractivity contribution in [1.82, 2.24) is 0 Å². The fourth-order valence-electron chi connectivity index (χ4n) is 0. The minimum atomic E-state index is 0. The van der Waals surface area contributed by atoms with Gasteiger partial charge in [-0.25, -0.2) is 0 Å². The van der Waals surface area contributed by atoms with E-state index in [-0.39, 0.29) is 84.9 Å². The summed E-state index contributed by atoms with van der Waals surface area (Å²) in [5.74, 6) is 0. The third kappa shape index (κ3) is 23.7. The average Bonchev–Trinajstić information content (AvgIpc) is 0. The van der Waals surface area contributed by atoms with Crippen LogP contribution in [0.3, 0.4) is 0 Å². The SMILES string of the molecule is [Fe+2].[K+].[OH-].[OH-].[OH-]. The largest absolute Gasteiger partial charge is 2.00 e. The van der Waals surface area contributed by atoms with E-state index in [1.165, 1.54) is 0 Å². The van der Waals surface area contributed by atoms with Crippen molar-refractivity contribution in [3.8, 4) is 0 Å². The average molecular weight is 146 g/mol. The maximum Gasteiger partial charge on any atom is 2.00 e. The topological polar surface area (TPSA) is 90.0 Å². The summed E-state index contributed by atoms with van der Waals surface area (Å²) < 4.78 is 0. The van der Waals surface area contributed by atoms with Crippen LogP contribution < -0.4 is 51.4 Å². The molecule has 0 aliphatic carbocycles. The van der Waals surface area contributed by atoms with Gasteiger partial charge in [0.25, 0.3) is 0 Å². The van der Waals surface area contributed by atoms with E-state index in [2.05, 4.69) is 0 Å². The number of hydrogen-bond acceptors (Lipinski definition) is 3. The third-order valence-electron chi connectivity index (χ3n) is 0. The molecule has 30 valence electrons. The fourth-order valence-corrected chi connectivity index (χ4v) is 0. The Morgan fingerprint density at radius 3 is 0.600 bits per heavy atom. The zero-order valence-electron chi connectivity index (χ0n) is 2.70. The van der Waals surface area contributed by atoms with Crippen molar-refractivity contribution >= 4 is 0 Å². The monoisotopic (exact) mass is 146 g/mol. The second kappa shape index (κ2) is 36.9. The van der Waals surface area contributed by atoms with Gasteiger partial charge >= 0.3 is 68.5 Å². The predicted molar refractivity (Wildman–Crippen MR) is 5.81 cm³/mol. The van der Waals surface area contributed by atoms with Gasteiger partial charge in [-0.2, -0.15) is 0 Å². The molecule has 0 bridgehead atoms. The Labute approximate surface area is 83.3 Å². The molecule has 0 saturated carbocycles. The molecule has 0 aromatic heterocycles. The van der Waals surface area contributed by atoms with Crippen molar-refractivity contribution < 1.29 is 84.9 Å². The van der Waals surface area contributed by atoms with Gasteiger partial charge in [0.15, 0.2) is 0 Å². The van der Waals surface area contributed by atoms with Crippen LogP contribution in [0.5, 0.6) is 0 Å². The second-order valence-corrected chi connectivity index (χ2v) is 0. The van der Waals surface area contributed by atoms with Gasteiger partial charge in [-0.15, -0.1) is 0 Å². The van der Waals surface area contributed by atoms with E-state index in [9.17, 15) is 0 Å². The zero-order chi connectivity index (χ0) is 0. The Bertz CT molecular complexity index is 6.85. The Morgan fingerprint density at radius 1 is 0.600 bits per heavy atom. The first-order chi connectivity index (χ1) is 0. The van der Waals surface area contributed by atoms with Crippen molar-refractivity contribution in [2.24, 2.45) is 0 Å². The molecule has 5 heavy (non-hydrogen) atoms. The molecular formula is H3FeKO3. The van der Waals surface area contributed by atoms with E-state index >= 15 is 0 Å². The molecule has 0 aliphatic heterocycles. The summed E-state index contributed by atoms with van der Waals surface area (Å²) in [6, 6.07) is 0. The van der Waals surface area contributed by atoms with E-state index in [0.717, 1.165) is 0 Å². The minimum Gasteiger partial charge on any atom is -0.870 e. The molecular weight excluding hydrogens is 143 g/mol. The van der Waals surface area contributed by atoms with Gasteiger partial charge in [0.1, 0.15) is 0 Å². The normalized spacial score (nSPS) is 0. The van der Waals surface area contributed by atoms with Crippen LogP contribution in [0.2, 0.25) is 0 Å². The summed E-state index contributed by atoms with van der Waals surface area (Å²) in [7, 11) is 0. The maximum atomic E-state index is 0. The van der Waals surface area contributed by atoms with Gasteiger partial charge < -0.3 is 16.4 Å². The molecule has 0 aromatic rings. The van der Waals surface area contributed by atoms with E-state index in [0.29, 0.717) is 0 Å². The Morgan fingerprint density at radius 2 is 0.600 bits per heavy atom. The van der Waals surface area contributed by atoms with Crippen molar-refractivity contribution in [3.63, 3.8) is 0 Å². The van der Waals surface area contributed by atoms with Gasteiger partial charge in [0.2, 0.25) is 0 Å². The summed E-state index contributed by atoms with van der Waals surface area (Å²) in [6.45, 7) is 0. The van der Waals surface area contributed by atoms with Crippen LogP contribution >= 0.6 is 0 Å². The van der Waals surface area contributed by atoms with Crippen LogP contribution in [0, 0.1) is 0 Å². The molecule has 0 fully saturated rings. The van der Waals surface area contributed by atoms with Gasteiger partial charge in [-0.1, -0.05) is 0 Å². The summed E-state index contributed by atoms with van der Waals surface area (Å²) in [4.78, 5) is 0. The Balaban J connectivity index is 0. The van der Waals surface area contributed by atoms with E-state index < -0.39 is 0 Å². The van der Waals surface area contributed by atoms with Crippen molar-refractivity contribution in [3.05, 3.63) is 0 Å². The van der Waals surface area contributed by atoms with Gasteiger partial charge in [0, 0.05) is 0 Å². The van der Waals surface area contributed by atoms with Crippen LogP contribution in [-0.4, -0.2) is 16.4 Å². The standard InChI is InChI=1S/Fe.K.3H2O/h;;3*1H2/q+2;+1;;;/p-3. The molecule has 0 saturated heterocycles. The molecule has 3 nitrogen and oxygen atoms in total. The quantitative estimate of drug-likeness (QED) is 0.331. The predicted octanol–water partition coefficient (Wildman–Crippen LogP) is -3.53. The molecule has 0 heterocycles. The molecule has 0 radical (unpaired) electrons. The maximum absolute atomic E-state index is 0. The first-order valence-electron chi connectivity index (χ1n) is 0. The molecule has 0 atom stereocenters. The van der Waals surface area contributed by atoms with E-state index in [1.54, 1.807) is 0 Å². The third-order valence-corrected chi connectivity index (χ3v) is 0.